The molecule has 0 rings (SSSR count). The second kappa shape index (κ2) is 2.08. The van der Waals surface area contributed by atoms with Gasteiger partial charge in [-0.15, -0.1) is 0 Å². The van der Waals surface area contributed by atoms with E-state index in [1.807, 2.05) is 0 Å². The number of carbonyl (C=O) groups excluding carboxylic acids is 1. The predicted octanol–water partition coefficient (Wildman–Crippen LogP) is -0.736. The minimum atomic E-state index is -1.79. The average Bonchev–Trinajstić information content (AvgIpc) is 1.38. The van der Waals surface area contributed by atoms with Crippen molar-refractivity contribution in [2.75, 3.05) is 0 Å². The molecule has 2 nitrogen and oxygen atoms in total. The van der Waals surface area contributed by atoms with Gasteiger partial charge in [0.15, 0.2) is 8.95 Å². The van der Waals surface area contributed by atoms with E-state index in [0.29, 0.717) is 0 Å². The molecular weight excluding hydrogens is 108 g/mol. The van der Waals surface area contributed by atoms with E-state index in [1.54, 1.807) is 0 Å². The van der Waals surface area contributed by atoms with Gasteiger partial charge in [0.05, 0.1) is 0 Å². The van der Waals surface area contributed by atoms with E-state index in [4.69, 9.17) is 4.79 Å². The maximum absolute atomic E-state index is 9.31. The van der Waals surface area contributed by atoms with Crippen molar-refractivity contribution in [1.82, 2.24) is 0 Å². The highest BCUT2D eigenvalue weighted by molar-refractivity contribution is 8.20. The maximum Gasteiger partial charge on any atom is 0.230 e. The standard InChI is InChI=1S/CO2S2/c2-1-5(3)4. The predicted molar refractivity (Wildman–Crippen MR) is 21.2 cm³/mol. The third-order valence-electron chi connectivity index (χ3n) is 0.0680. The summed E-state index contributed by atoms with van der Waals surface area (Å²) in [7, 11) is -1.79. The molecule has 0 aliphatic carbocycles. The molecule has 0 N–H and O–H groups in total. The molecule has 0 aliphatic heterocycles. The molecule has 5 heavy (non-hydrogen) atoms. The molecule has 0 saturated heterocycles. The Morgan fingerprint density at radius 1 is 1.80 bits per heavy atom. The number of hydrogen-bond acceptors (Lipinski definition) is 3. The number of rotatable bonds is 0. The minimum Gasteiger partial charge on any atom is -0.218 e. The first kappa shape index (κ1) is 4.82. The molecular formula is CO2S2. The fourth-order valence-electron chi connectivity index (χ4n) is 0. The summed E-state index contributed by atoms with van der Waals surface area (Å²) < 4.78 is 9.31. The normalized spacial score (nSPS) is 5.60. The lowest BCUT2D eigenvalue weighted by atomic mass is 11.9. The second-order valence-electron chi connectivity index (χ2n) is 0.318. The molecule has 0 aromatic heterocycles. The Morgan fingerprint density at radius 3 is 2.00 bits per heavy atom. The van der Waals surface area contributed by atoms with Gasteiger partial charge < -0.3 is 0 Å². The lowest BCUT2D eigenvalue weighted by Gasteiger charge is -1.23. The van der Waals surface area contributed by atoms with Gasteiger partial charge in [-0.25, -0.2) is 9.00 Å². The van der Waals surface area contributed by atoms with Crippen molar-refractivity contribution in [1.29, 1.82) is 0 Å². The summed E-state index contributed by atoms with van der Waals surface area (Å²) in [6.45, 7) is 0. The monoisotopic (exact) mass is 108 g/mol. The lowest BCUT2D eigenvalue weighted by Crippen LogP contribution is -1.44. The van der Waals surface area contributed by atoms with E-state index in [9.17, 15) is 4.21 Å². The van der Waals surface area contributed by atoms with Crippen molar-refractivity contribution in [2.24, 2.45) is 0 Å². The van der Waals surface area contributed by atoms with Crippen LogP contribution in [-0.4, -0.2) is 9.44 Å². The Kier molecular flexibility index (Phi) is 2.01. The molecule has 0 aromatic carbocycles. The fourth-order valence-corrected chi connectivity index (χ4v) is 0. The van der Waals surface area contributed by atoms with Crippen LogP contribution in [-0.2, 0) is 24.9 Å². The zero-order valence-corrected chi connectivity index (χ0v) is 3.77. The number of hydrogen-bond donors (Lipinski definition) is 0. The quantitative estimate of drug-likeness (QED) is 0.383. The Morgan fingerprint density at radius 2 is 2.00 bits per heavy atom. The van der Waals surface area contributed by atoms with Gasteiger partial charge in [-0.05, 0) is 0 Å². The first-order chi connectivity index (χ1) is 2.27. The average molecular weight is 108 g/mol. The van der Waals surface area contributed by atoms with Crippen LogP contribution in [0.15, 0.2) is 0 Å². The topological polar surface area (TPSA) is 34.1 Å². The SMILES string of the molecule is O=C=S(=O)=S. The zero-order valence-electron chi connectivity index (χ0n) is 2.13. The van der Waals surface area contributed by atoms with Gasteiger partial charge >= 0.3 is 0 Å². The van der Waals surface area contributed by atoms with Crippen LogP contribution in [0.2, 0.25) is 0 Å². The van der Waals surface area contributed by atoms with Crippen LogP contribution >= 0.6 is 0 Å². The largest absolute Gasteiger partial charge is 0.230 e. The third-order valence-corrected chi connectivity index (χ3v) is 0.408. The smallest absolute Gasteiger partial charge is 0.218 e. The van der Waals surface area contributed by atoms with Crippen LogP contribution in [0.3, 0.4) is 0 Å². The second-order valence-corrected chi connectivity index (χ2v) is 1.86. The van der Waals surface area contributed by atoms with Crippen molar-refractivity contribution in [3.8, 4) is 0 Å². The molecule has 0 saturated carbocycles. The molecule has 0 atom stereocenters. The van der Waals surface area contributed by atoms with Crippen LogP contribution in [0, 0.1) is 0 Å². The third kappa shape index (κ3) is 3.82. The fraction of sp³-hybridized carbons (Fsp3) is 0. The van der Waals surface area contributed by atoms with Gasteiger partial charge in [0.2, 0.25) is 5.23 Å². The van der Waals surface area contributed by atoms with Gasteiger partial charge in [-0.3, -0.25) is 0 Å². The van der Waals surface area contributed by atoms with Gasteiger partial charge in [0.25, 0.3) is 0 Å². The highest BCUT2D eigenvalue weighted by Crippen LogP contribution is 1.20. The highest BCUT2D eigenvalue weighted by Gasteiger charge is 1.41. The van der Waals surface area contributed by atoms with Crippen LogP contribution < -0.4 is 0 Å². The first-order valence-corrected chi connectivity index (χ1v) is 2.82. The van der Waals surface area contributed by atoms with Crippen molar-refractivity contribution in [2.45, 2.75) is 0 Å². The van der Waals surface area contributed by atoms with Crippen molar-refractivity contribution in [3.05, 3.63) is 0 Å². The Balaban J connectivity index is 5.08. The summed E-state index contributed by atoms with van der Waals surface area (Å²) in [6, 6.07) is 0. The van der Waals surface area contributed by atoms with Crippen LogP contribution in [0.4, 0.5) is 0 Å². The summed E-state index contributed by atoms with van der Waals surface area (Å²) in [6.07, 6.45) is 0. The molecule has 0 aromatic rings. The summed E-state index contributed by atoms with van der Waals surface area (Å²) in [5, 5.41) is 1.06. The van der Waals surface area contributed by atoms with Gasteiger partial charge in [-0.2, -0.15) is 0 Å². The van der Waals surface area contributed by atoms with E-state index in [-0.39, 0.29) is 0 Å². The summed E-state index contributed by atoms with van der Waals surface area (Å²) in [5.41, 5.74) is 0. The first-order valence-electron chi connectivity index (χ1n) is 0.742. The molecule has 0 bridgehead atoms. The van der Waals surface area contributed by atoms with E-state index in [2.05, 4.69) is 11.2 Å². The van der Waals surface area contributed by atoms with E-state index >= 15 is 0 Å². The van der Waals surface area contributed by atoms with Gasteiger partial charge in [0.1, 0.15) is 0 Å². The van der Waals surface area contributed by atoms with Gasteiger partial charge in [-0.1, -0.05) is 0 Å². The van der Waals surface area contributed by atoms with Gasteiger partial charge in [0, 0.05) is 11.2 Å². The summed E-state index contributed by atoms with van der Waals surface area (Å²) in [5.74, 6) is 0. The molecule has 0 aliphatic rings. The molecule has 0 amide bonds. The van der Waals surface area contributed by atoms with E-state index in [1.165, 1.54) is 0 Å². The van der Waals surface area contributed by atoms with Crippen LogP contribution in [0.5, 0.6) is 0 Å². The Bertz CT molecular complexity index is 138. The van der Waals surface area contributed by atoms with Crippen molar-refractivity contribution < 1.29 is 9.00 Å². The van der Waals surface area contributed by atoms with E-state index in [0.717, 1.165) is 5.23 Å². The maximum atomic E-state index is 9.31. The molecule has 0 spiro atoms. The molecule has 4 heteroatoms. The van der Waals surface area contributed by atoms with Crippen molar-refractivity contribution in [3.63, 3.8) is 0 Å². The molecule has 0 fully saturated rings. The Labute approximate surface area is 35.1 Å². The Hall–Kier alpha value is -0.180. The highest BCUT2D eigenvalue weighted by atomic mass is 32.8. The van der Waals surface area contributed by atoms with Crippen molar-refractivity contribution >= 4 is 25.4 Å². The molecule has 0 heterocycles. The lowest BCUT2D eigenvalue weighted by molar-refractivity contribution is 0.571. The van der Waals surface area contributed by atoms with E-state index < -0.39 is 8.95 Å². The molecule has 0 unspecified atom stereocenters. The molecule has 0 radical (unpaired) electrons. The van der Waals surface area contributed by atoms with Crippen LogP contribution in [0.25, 0.3) is 0 Å². The summed E-state index contributed by atoms with van der Waals surface area (Å²) in [4.78, 5) is 8.98. The zero-order chi connectivity index (χ0) is 4.28. The van der Waals surface area contributed by atoms with Crippen LogP contribution in [0.1, 0.15) is 0 Å². The molecule has 28 valence electrons. The minimum absolute atomic E-state index is 1.06. The summed E-state index contributed by atoms with van der Waals surface area (Å²) >= 11 is 3.83.